The van der Waals surface area contributed by atoms with Crippen LogP contribution < -0.4 is 16.0 Å². The number of hydrogen-bond acceptors (Lipinski definition) is 7. The SMILES string of the molecule is Cc1ccc(Nc2cc(Nc3ccc(NC(=O)c4nc5ccccc5s4)cc3)nc(C)n2)cc1. The van der Waals surface area contributed by atoms with E-state index in [1.54, 1.807) is 0 Å². The summed E-state index contributed by atoms with van der Waals surface area (Å²) in [6.45, 7) is 3.91. The smallest absolute Gasteiger partial charge is 0.284 e. The molecule has 0 aliphatic carbocycles. The molecule has 5 rings (SSSR count). The molecule has 3 aromatic carbocycles. The highest BCUT2D eigenvalue weighted by Gasteiger charge is 2.12. The van der Waals surface area contributed by atoms with Crippen LogP contribution in [0.4, 0.5) is 28.7 Å². The van der Waals surface area contributed by atoms with E-state index in [1.165, 1.54) is 16.9 Å². The van der Waals surface area contributed by atoms with Gasteiger partial charge in [-0.3, -0.25) is 4.79 Å². The molecule has 2 aromatic heterocycles. The topological polar surface area (TPSA) is 91.8 Å². The summed E-state index contributed by atoms with van der Waals surface area (Å²) in [6.07, 6.45) is 0. The van der Waals surface area contributed by atoms with Crippen LogP contribution in [0.15, 0.2) is 78.9 Å². The quantitative estimate of drug-likeness (QED) is 0.267. The highest BCUT2D eigenvalue weighted by Crippen LogP contribution is 2.24. The fourth-order valence-corrected chi connectivity index (χ4v) is 4.28. The summed E-state index contributed by atoms with van der Waals surface area (Å²) >= 11 is 1.38. The van der Waals surface area contributed by atoms with Gasteiger partial charge < -0.3 is 16.0 Å². The molecule has 0 radical (unpaired) electrons. The van der Waals surface area contributed by atoms with E-state index in [0.29, 0.717) is 28.2 Å². The van der Waals surface area contributed by atoms with Crippen molar-refractivity contribution in [3.05, 3.63) is 95.3 Å². The van der Waals surface area contributed by atoms with Gasteiger partial charge in [-0.25, -0.2) is 15.0 Å². The number of carbonyl (C=O) groups excluding carboxylic acids is 1. The van der Waals surface area contributed by atoms with E-state index in [9.17, 15) is 4.79 Å². The van der Waals surface area contributed by atoms with Crippen molar-refractivity contribution >= 4 is 56.2 Å². The van der Waals surface area contributed by atoms with Crippen LogP contribution in [0, 0.1) is 13.8 Å². The molecule has 168 valence electrons. The normalized spacial score (nSPS) is 10.8. The molecule has 0 saturated carbocycles. The summed E-state index contributed by atoms with van der Waals surface area (Å²) < 4.78 is 0.989. The lowest BCUT2D eigenvalue weighted by Gasteiger charge is -2.11. The minimum Gasteiger partial charge on any atom is -0.340 e. The van der Waals surface area contributed by atoms with Crippen molar-refractivity contribution in [3.63, 3.8) is 0 Å². The molecule has 1 amide bonds. The molecule has 0 unspecified atom stereocenters. The first-order valence-electron chi connectivity index (χ1n) is 10.8. The standard InChI is InChI=1S/C26H22N6OS/c1-16-7-9-18(10-8-16)29-23-15-24(28-17(2)27-23)30-19-11-13-20(14-12-19)31-25(33)26-32-21-5-3-4-6-22(21)34-26/h3-15H,1-2H3,(H,31,33)(H2,27,28,29,30). The molecule has 0 fully saturated rings. The fourth-order valence-electron chi connectivity index (χ4n) is 3.42. The number of rotatable bonds is 6. The molecule has 8 heteroatoms. The van der Waals surface area contributed by atoms with Crippen LogP contribution >= 0.6 is 11.3 Å². The second-order valence-electron chi connectivity index (χ2n) is 7.82. The van der Waals surface area contributed by atoms with Gasteiger partial charge in [-0.1, -0.05) is 29.8 Å². The van der Waals surface area contributed by atoms with Gasteiger partial charge in [0.2, 0.25) is 0 Å². The van der Waals surface area contributed by atoms with E-state index in [-0.39, 0.29) is 5.91 Å². The highest BCUT2D eigenvalue weighted by molar-refractivity contribution is 7.20. The summed E-state index contributed by atoms with van der Waals surface area (Å²) in [5, 5.41) is 9.95. The first-order valence-corrected chi connectivity index (χ1v) is 11.6. The zero-order valence-corrected chi connectivity index (χ0v) is 19.5. The molecule has 0 saturated heterocycles. The van der Waals surface area contributed by atoms with Gasteiger partial charge >= 0.3 is 0 Å². The Morgan fingerprint density at radius 1 is 0.735 bits per heavy atom. The molecular weight excluding hydrogens is 444 g/mol. The van der Waals surface area contributed by atoms with Crippen molar-refractivity contribution in [2.75, 3.05) is 16.0 Å². The van der Waals surface area contributed by atoms with Crippen molar-refractivity contribution in [2.24, 2.45) is 0 Å². The Balaban J connectivity index is 1.26. The third kappa shape index (κ3) is 5.02. The third-order valence-corrected chi connectivity index (χ3v) is 6.10. The lowest BCUT2D eigenvalue weighted by Crippen LogP contribution is -2.11. The summed E-state index contributed by atoms with van der Waals surface area (Å²) in [7, 11) is 0. The van der Waals surface area contributed by atoms with E-state index in [1.807, 2.05) is 85.8 Å². The van der Waals surface area contributed by atoms with Crippen molar-refractivity contribution < 1.29 is 4.79 Å². The second-order valence-corrected chi connectivity index (χ2v) is 8.85. The maximum atomic E-state index is 12.6. The minimum absolute atomic E-state index is 0.222. The summed E-state index contributed by atoms with van der Waals surface area (Å²) in [5.41, 5.74) is 4.52. The van der Waals surface area contributed by atoms with Gasteiger partial charge in [0.05, 0.1) is 10.2 Å². The number of para-hydroxylation sites is 1. The van der Waals surface area contributed by atoms with Gasteiger partial charge in [-0.15, -0.1) is 11.3 Å². The lowest BCUT2D eigenvalue weighted by atomic mass is 10.2. The number of nitrogens with zero attached hydrogens (tertiary/aromatic N) is 3. The fraction of sp³-hybridized carbons (Fsp3) is 0.0769. The number of nitrogens with one attached hydrogen (secondary N) is 3. The number of aryl methyl sites for hydroxylation is 2. The van der Waals surface area contributed by atoms with E-state index >= 15 is 0 Å². The molecular formula is C26H22N6OS. The highest BCUT2D eigenvalue weighted by atomic mass is 32.1. The van der Waals surface area contributed by atoms with E-state index in [2.05, 4.69) is 37.8 Å². The van der Waals surface area contributed by atoms with Crippen LogP contribution in [0.5, 0.6) is 0 Å². The maximum absolute atomic E-state index is 12.6. The summed E-state index contributed by atoms with van der Waals surface area (Å²) in [4.78, 5) is 26.0. The van der Waals surface area contributed by atoms with Crippen LogP contribution in [0.3, 0.4) is 0 Å². The molecule has 0 atom stereocenters. The Hall–Kier alpha value is -4.30. The monoisotopic (exact) mass is 466 g/mol. The van der Waals surface area contributed by atoms with Crippen LogP contribution in [-0.2, 0) is 0 Å². The van der Waals surface area contributed by atoms with Gasteiger partial charge in [0.25, 0.3) is 5.91 Å². The predicted octanol–water partition coefficient (Wildman–Crippen LogP) is 6.44. The molecule has 0 spiro atoms. The Morgan fingerprint density at radius 3 is 1.97 bits per heavy atom. The van der Waals surface area contributed by atoms with E-state index < -0.39 is 0 Å². The number of thiazole rings is 1. The van der Waals surface area contributed by atoms with Crippen LogP contribution in [-0.4, -0.2) is 20.9 Å². The molecule has 7 nitrogen and oxygen atoms in total. The summed E-state index contributed by atoms with van der Waals surface area (Å²) in [6, 6.07) is 25.2. The second kappa shape index (κ2) is 9.29. The van der Waals surface area contributed by atoms with Crippen molar-refractivity contribution in [1.82, 2.24) is 15.0 Å². The number of hydrogen-bond donors (Lipinski definition) is 3. The number of carbonyl (C=O) groups is 1. The number of fused-ring (bicyclic) bond motifs is 1. The minimum atomic E-state index is -0.222. The zero-order chi connectivity index (χ0) is 23.5. The Bertz CT molecular complexity index is 1430. The van der Waals surface area contributed by atoms with Gasteiger partial charge in [-0.05, 0) is 62.4 Å². The molecule has 5 aromatic rings. The van der Waals surface area contributed by atoms with Crippen molar-refractivity contribution in [1.29, 1.82) is 0 Å². The Kier molecular flexibility index (Phi) is 5.88. The van der Waals surface area contributed by atoms with Crippen molar-refractivity contribution in [2.45, 2.75) is 13.8 Å². The van der Waals surface area contributed by atoms with Gasteiger partial charge in [0.1, 0.15) is 17.5 Å². The first kappa shape index (κ1) is 21.5. The third-order valence-electron chi connectivity index (χ3n) is 5.07. The predicted molar refractivity (Wildman–Crippen MR) is 139 cm³/mol. The summed E-state index contributed by atoms with van der Waals surface area (Å²) in [5.74, 6) is 1.81. The molecule has 0 aliphatic rings. The average Bonchev–Trinajstić information content (AvgIpc) is 3.26. The number of amides is 1. The van der Waals surface area contributed by atoms with Crippen LogP contribution in [0.1, 0.15) is 21.2 Å². The number of anilines is 5. The molecule has 3 N–H and O–H groups in total. The van der Waals surface area contributed by atoms with Crippen LogP contribution in [0.2, 0.25) is 0 Å². The zero-order valence-electron chi connectivity index (χ0n) is 18.7. The number of aromatic nitrogens is 3. The van der Waals surface area contributed by atoms with Crippen LogP contribution in [0.25, 0.3) is 10.2 Å². The molecule has 2 heterocycles. The lowest BCUT2D eigenvalue weighted by molar-refractivity contribution is 0.102. The molecule has 34 heavy (non-hydrogen) atoms. The van der Waals surface area contributed by atoms with E-state index in [4.69, 9.17) is 0 Å². The Morgan fingerprint density at radius 2 is 1.32 bits per heavy atom. The molecule has 0 aliphatic heterocycles. The van der Waals surface area contributed by atoms with Gasteiger partial charge in [0, 0.05) is 23.1 Å². The van der Waals surface area contributed by atoms with Crippen molar-refractivity contribution in [3.8, 4) is 0 Å². The maximum Gasteiger partial charge on any atom is 0.284 e. The number of benzene rings is 3. The van der Waals surface area contributed by atoms with Gasteiger partial charge in [-0.2, -0.15) is 0 Å². The largest absolute Gasteiger partial charge is 0.340 e. The van der Waals surface area contributed by atoms with E-state index in [0.717, 1.165) is 21.6 Å². The van der Waals surface area contributed by atoms with Gasteiger partial charge in [0.15, 0.2) is 5.01 Å². The Labute approximate surface area is 200 Å². The molecule has 0 bridgehead atoms. The first-order chi connectivity index (χ1) is 16.5. The average molecular weight is 467 g/mol.